The summed E-state index contributed by atoms with van der Waals surface area (Å²) < 4.78 is 42.7. The molecule has 0 aromatic carbocycles. The van der Waals surface area contributed by atoms with Crippen LogP contribution in [0.15, 0.2) is 24.3 Å². The van der Waals surface area contributed by atoms with Gasteiger partial charge in [0, 0.05) is 33.7 Å². The van der Waals surface area contributed by atoms with E-state index in [0.717, 1.165) is 0 Å². The van der Waals surface area contributed by atoms with E-state index in [-0.39, 0.29) is 31.8 Å². The summed E-state index contributed by atoms with van der Waals surface area (Å²) in [5.74, 6) is -4.73. The Balaban J connectivity index is 0.00000109. The smallest absolute Gasteiger partial charge is 0.335 e. The average Bonchev–Trinajstić information content (AvgIpc) is 3.16. The third kappa shape index (κ3) is 15.3. The molecule has 20 nitrogen and oxygen atoms in total. The van der Waals surface area contributed by atoms with Gasteiger partial charge in [-0.3, -0.25) is 4.79 Å². The molecule has 0 radical (unpaired) electrons. The normalized spacial score (nSPS) is 40.6. The van der Waals surface area contributed by atoms with Crippen LogP contribution in [-0.2, 0) is 47.5 Å². The Morgan fingerprint density at radius 2 is 1.53 bits per heavy atom. The Morgan fingerprint density at radius 3 is 2.05 bits per heavy atom. The van der Waals surface area contributed by atoms with Crippen LogP contribution in [0.3, 0.4) is 0 Å². The Kier molecular flexibility index (Phi) is 22.1. The summed E-state index contributed by atoms with van der Waals surface area (Å²) in [7, 11) is 6.53. The summed E-state index contributed by atoms with van der Waals surface area (Å²) in [6.45, 7) is 8.47. The molecular formula is C40H69NO19. The van der Waals surface area contributed by atoms with E-state index in [2.05, 4.69) is 0 Å². The topological polar surface area (TPSA) is 301 Å². The van der Waals surface area contributed by atoms with E-state index in [1.807, 2.05) is 13.0 Å². The van der Waals surface area contributed by atoms with Crippen LogP contribution in [0.2, 0.25) is 0 Å². The van der Waals surface area contributed by atoms with E-state index >= 15 is 0 Å². The Morgan fingerprint density at radius 1 is 0.917 bits per heavy atom. The number of hydrogen-bond donors (Lipinski definition) is 9. The number of hydrogen-bond acceptors (Lipinski definition) is 18. The number of allylic oxidation sites excluding steroid dienone is 2. The molecule has 2 fully saturated rings. The summed E-state index contributed by atoms with van der Waals surface area (Å²) in [5.41, 5.74) is -1.44. The standard InChI is InChI=1S/C36H63NO13.C4H6O6/c1-20-17-24(15-16-38)32(33(45-9)26(44-8)18-27(40)46-21(2)13-11-10-12-14-25(20)39)50-35-30(41)29(37(6)7)31(22(3)48-35)49-28-19-36(5,43)34(42)23(4)47-28;5-1(3(7)8)2(6)4(9)10/h10-12,14,20-26,28-35,38-39,41-43H,13,15-19H2,1-9H3;1-2,5-6H,(H,7,8)(H,9,10)/b11-10+,14-12+;/t20-,21-,22+,23+,24?,25?,26?,28?,29+,30?,31?,32-,33?,34?,35-,36+;/m0./s1. The molecule has 60 heavy (non-hydrogen) atoms. The first-order valence-electron chi connectivity index (χ1n) is 20.1. The molecule has 20 heteroatoms. The van der Waals surface area contributed by atoms with E-state index in [0.29, 0.717) is 12.8 Å². The molecule has 0 amide bonds. The first kappa shape index (κ1) is 53.5. The second kappa shape index (κ2) is 24.8. The number of aliphatic hydroxyl groups excluding tert-OH is 6. The first-order valence-corrected chi connectivity index (χ1v) is 20.1. The molecule has 0 aliphatic carbocycles. The highest BCUT2D eigenvalue weighted by Crippen LogP contribution is 2.37. The maximum atomic E-state index is 13.1. The minimum Gasteiger partial charge on any atom is -0.479 e. The molecule has 3 aliphatic heterocycles. The number of carboxylic acids is 2. The number of carbonyl (C=O) groups excluding carboxylic acids is 1. The molecule has 348 valence electrons. The first-order chi connectivity index (χ1) is 28.0. The Labute approximate surface area is 351 Å². The monoisotopic (exact) mass is 867 g/mol. The molecule has 0 spiro atoms. The number of nitrogens with zero attached hydrogens (tertiary/aromatic N) is 1. The number of esters is 1. The van der Waals surface area contributed by atoms with Crippen molar-refractivity contribution in [3.63, 3.8) is 0 Å². The minimum absolute atomic E-state index is 0.00740. The van der Waals surface area contributed by atoms with Crippen LogP contribution in [0.5, 0.6) is 0 Å². The lowest BCUT2D eigenvalue weighted by Crippen LogP contribution is -2.65. The van der Waals surface area contributed by atoms with E-state index in [4.69, 9.17) is 53.6 Å². The maximum Gasteiger partial charge on any atom is 0.335 e. The number of cyclic esters (lactones) is 1. The third-order valence-corrected chi connectivity index (χ3v) is 11.0. The van der Waals surface area contributed by atoms with Crippen LogP contribution >= 0.6 is 0 Å². The second-order valence-electron chi connectivity index (χ2n) is 16.2. The zero-order valence-electron chi connectivity index (χ0n) is 35.9. The molecule has 10 unspecified atom stereocenters. The SMILES string of the molecule is COC1CC(=O)O[C@@H](C)C/C=C/C=C/C(O)[C@@H](C)CC(CCO)[C@H](O[C@@H]2O[C@H](C)C(OC3C[C@@](C)(O)C(O)[C@@H](C)O3)[C@H](N(C)C)C2O)C1OC.O=C(O)C(O)C(O)C(=O)O. The quantitative estimate of drug-likeness (QED) is 0.108. The molecule has 0 bridgehead atoms. The third-order valence-electron chi connectivity index (χ3n) is 11.0. The van der Waals surface area contributed by atoms with Gasteiger partial charge in [-0.2, -0.15) is 0 Å². The number of ether oxygens (including phenoxy) is 7. The largest absolute Gasteiger partial charge is 0.479 e. The zero-order chi connectivity index (χ0) is 45.6. The van der Waals surface area contributed by atoms with Gasteiger partial charge in [-0.25, -0.2) is 9.59 Å². The van der Waals surface area contributed by atoms with Gasteiger partial charge in [0.1, 0.15) is 30.5 Å². The van der Waals surface area contributed by atoms with Crippen LogP contribution in [0.4, 0.5) is 0 Å². The molecule has 3 aliphatic rings. The van der Waals surface area contributed by atoms with Gasteiger partial charge in [0.25, 0.3) is 0 Å². The van der Waals surface area contributed by atoms with Crippen molar-refractivity contribution in [3.8, 4) is 0 Å². The van der Waals surface area contributed by atoms with E-state index < -0.39 is 121 Å². The van der Waals surface area contributed by atoms with Crippen molar-refractivity contribution in [2.75, 3.05) is 34.9 Å². The highest BCUT2D eigenvalue weighted by molar-refractivity contribution is 5.83. The molecule has 9 N–H and O–H groups in total. The van der Waals surface area contributed by atoms with E-state index in [1.165, 1.54) is 21.1 Å². The van der Waals surface area contributed by atoms with Crippen molar-refractivity contribution in [1.82, 2.24) is 4.90 Å². The highest BCUT2D eigenvalue weighted by Gasteiger charge is 2.52. The van der Waals surface area contributed by atoms with Crippen LogP contribution in [0.25, 0.3) is 0 Å². The fourth-order valence-corrected chi connectivity index (χ4v) is 7.60. The van der Waals surface area contributed by atoms with Crippen LogP contribution in [-0.4, -0.2) is 201 Å². The number of carboxylic acid groups (broad SMARTS) is 2. The molecule has 0 aromatic rings. The molecule has 0 aromatic heterocycles. The van der Waals surface area contributed by atoms with E-state index in [1.54, 1.807) is 58.0 Å². The fraction of sp³-hybridized carbons (Fsp3) is 0.825. The number of methoxy groups -OCH3 is 2. The molecular weight excluding hydrogens is 798 g/mol. The molecule has 18 atom stereocenters. The maximum absolute atomic E-state index is 13.1. The number of likely N-dealkylation sites (N-methyl/N-ethyl adjacent to an activating group) is 1. The number of rotatable bonds is 12. The predicted molar refractivity (Wildman–Crippen MR) is 210 cm³/mol. The predicted octanol–water partition coefficient (Wildman–Crippen LogP) is -0.829. The van der Waals surface area contributed by atoms with Gasteiger partial charge in [-0.15, -0.1) is 0 Å². The van der Waals surface area contributed by atoms with Gasteiger partial charge in [-0.05, 0) is 66.5 Å². The zero-order valence-corrected chi connectivity index (χ0v) is 35.9. The van der Waals surface area contributed by atoms with Crippen LogP contribution in [0, 0.1) is 11.8 Å². The average molecular weight is 868 g/mol. The lowest BCUT2D eigenvalue weighted by Gasteiger charge is -2.50. The second-order valence-corrected chi connectivity index (χ2v) is 16.2. The number of aliphatic hydroxyl groups is 7. The minimum atomic E-state index is -2.27. The Bertz CT molecular complexity index is 1360. The van der Waals surface area contributed by atoms with Gasteiger partial charge < -0.3 is 84.0 Å². The van der Waals surface area contributed by atoms with Crippen molar-refractivity contribution < 1.29 is 93.5 Å². The van der Waals surface area contributed by atoms with Crippen molar-refractivity contribution in [2.24, 2.45) is 11.8 Å². The highest BCUT2D eigenvalue weighted by atomic mass is 16.7. The summed E-state index contributed by atoms with van der Waals surface area (Å²) in [6.07, 6.45) is -6.76. The van der Waals surface area contributed by atoms with Gasteiger partial charge in [-0.1, -0.05) is 31.2 Å². The van der Waals surface area contributed by atoms with Gasteiger partial charge >= 0.3 is 17.9 Å². The summed E-state index contributed by atoms with van der Waals surface area (Å²) in [6, 6.07) is -0.670. The van der Waals surface area contributed by atoms with Gasteiger partial charge in [0.05, 0.1) is 48.6 Å². The van der Waals surface area contributed by atoms with Crippen molar-refractivity contribution in [1.29, 1.82) is 0 Å². The van der Waals surface area contributed by atoms with Crippen LogP contribution in [0.1, 0.15) is 66.7 Å². The molecule has 3 rings (SSSR count). The Hall–Kier alpha value is -2.67. The van der Waals surface area contributed by atoms with Crippen LogP contribution < -0.4 is 0 Å². The number of carbonyl (C=O) groups is 3. The van der Waals surface area contributed by atoms with Gasteiger partial charge in [0.2, 0.25) is 0 Å². The van der Waals surface area contributed by atoms with Crippen molar-refractivity contribution in [2.45, 2.75) is 164 Å². The lowest BCUT2D eigenvalue weighted by atomic mass is 9.82. The van der Waals surface area contributed by atoms with Crippen molar-refractivity contribution >= 4 is 17.9 Å². The van der Waals surface area contributed by atoms with Crippen molar-refractivity contribution in [3.05, 3.63) is 24.3 Å². The fourth-order valence-electron chi connectivity index (χ4n) is 7.60. The lowest BCUT2D eigenvalue weighted by molar-refractivity contribution is -0.344. The summed E-state index contributed by atoms with van der Waals surface area (Å²) in [4.78, 5) is 34.4. The molecule has 2 saturated heterocycles. The molecule has 3 heterocycles. The summed E-state index contributed by atoms with van der Waals surface area (Å²) in [5, 5.41) is 86.9. The van der Waals surface area contributed by atoms with Gasteiger partial charge in [0.15, 0.2) is 24.8 Å². The summed E-state index contributed by atoms with van der Waals surface area (Å²) >= 11 is 0. The molecule has 0 saturated carbocycles. The van der Waals surface area contributed by atoms with E-state index in [9.17, 15) is 39.9 Å². The number of aliphatic carboxylic acids is 2.